The molecule has 120 valence electrons. The Kier molecular flexibility index (Phi) is 9.04. The van der Waals surface area contributed by atoms with Crippen molar-refractivity contribution < 1.29 is 9.26 Å². The number of hydrogen-bond acceptors (Lipinski definition) is 4. The third-order valence-corrected chi connectivity index (χ3v) is 2.64. The van der Waals surface area contributed by atoms with Crippen LogP contribution in [0.15, 0.2) is 52.2 Å². The molecule has 7 heteroatoms. The largest absolute Gasteiger partial charge is 0.492 e. The number of halogens is 1. The molecule has 22 heavy (non-hydrogen) atoms. The van der Waals surface area contributed by atoms with E-state index in [1.165, 1.54) is 0 Å². The maximum absolute atomic E-state index is 5.61. The molecule has 0 fully saturated rings. The zero-order valence-corrected chi connectivity index (χ0v) is 14.8. The van der Waals surface area contributed by atoms with Gasteiger partial charge < -0.3 is 19.9 Å². The van der Waals surface area contributed by atoms with Gasteiger partial charge in [0, 0.05) is 12.6 Å². The monoisotopic (exact) mass is 416 g/mol. The lowest BCUT2D eigenvalue weighted by Gasteiger charge is -2.11. The Hall–Kier alpha value is -1.77. The second kappa shape index (κ2) is 10.9. The van der Waals surface area contributed by atoms with Gasteiger partial charge in [0.15, 0.2) is 5.96 Å². The van der Waals surface area contributed by atoms with Crippen molar-refractivity contribution in [1.82, 2.24) is 15.8 Å². The minimum Gasteiger partial charge on any atom is -0.492 e. The predicted octanol–water partition coefficient (Wildman–Crippen LogP) is 2.43. The fourth-order valence-electron chi connectivity index (χ4n) is 1.68. The molecule has 6 nitrogen and oxygen atoms in total. The van der Waals surface area contributed by atoms with E-state index in [2.05, 4.69) is 20.8 Å². The summed E-state index contributed by atoms with van der Waals surface area (Å²) in [6.45, 7) is 4.53. The van der Waals surface area contributed by atoms with E-state index in [0.717, 1.165) is 23.9 Å². The highest BCUT2D eigenvalue weighted by Crippen LogP contribution is 2.07. The lowest BCUT2D eigenvalue weighted by Crippen LogP contribution is -2.39. The number of guanidine groups is 1. The van der Waals surface area contributed by atoms with Gasteiger partial charge in [-0.2, -0.15) is 0 Å². The summed E-state index contributed by atoms with van der Waals surface area (Å²) in [6, 6.07) is 11.5. The van der Waals surface area contributed by atoms with Crippen molar-refractivity contribution in [2.45, 2.75) is 13.5 Å². The zero-order valence-electron chi connectivity index (χ0n) is 12.5. The Balaban J connectivity index is 0.00000242. The summed E-state index contributed by atoms with van der Waals surface area (Å²) >= 11 is 0. The van der Waals surface area contributed by atoms with Gasteiger partial charge in [-0.1, -0.05) is 23.4 Å². The van der Waals surface area contributed by atoms with Gasteiger partial charge in [-0.05, 0) is 19.1 Å². The average molecular weight is 416 g/mol. The summed E-state index contributed by atoms with van der Waals surface area (Å²) in [5, 5.41) is 10.2. The van der Waals surface area contributed by atoms with Crippen molar-refractivity contribution in [2.75, 3.05) is 19.7 Å². The maximum atomic E-state index is 5.61. The minimum absolute atomic E-state index is 0. The van der Waals surface area contributed by atoms with Gasteiger partial charge in [0.25, 0.3) is 0 Å². The molecular weight excluding hydrogens is 395 g/mol. The molecule has 0 saturated heterocycles. The predicted molar refractivity (Wildman–Crippen MR) is 96.7 cm³/mol. The van der Waals surface area contributed by atoms with Crippen LogP contribution in [0.25, 0.3) is 0 Å². The number of benzene rings is 1. The SMILES string of the molecule is CCNC(=NCc1ccon1)NCCOc1ccccc1.I. The summed E-state index contributed by atoms with van der Waals surface area (Å²) in [5.74, 6) is 1.60. The van der Waals surface area contributed by atoms with Crippen molar-refractivity contribution in [1.29, 1.82) is 0 Å². The number of aromatic nitrogens is 1. The number of para-hydroxylation sites is 1. The molecule has 2 aromatic rings. The van der Waals surface area contributed by atoms with Gasteiger partial charge >= 0.3 is 0 Å². The van der Waals surface area contributed by atoms with Crippen LogP contribution in [0.5, 0.6) is 5.75 Å². The summed E-state index contributed by atoms with van der Waals surface area (Å²) in [7, 11) is 0. The molecule has 0 spiro atoms. The number of hydrogen-bond donors (Lipinski definition) is 2. The van der Waals surface area contributed by atoms with Crippen LogP contribution in [0, 0.1) is 0 Å². The van der Waals surface area contributed by atoms with E-state index in [4.69, 9.17) is 9.26 Å². The maximum Gasteiger partial charge on any atom is 0.191 e. The third kappa shape index (κ3) is 6.79. The summed E-state index contributed by atoms with van der Waals surface area (Å²) in [6.07, 6.45) is 1.54. The fraction of sp³-hybridized carbons (Fsp3) is 0.333. The Bertz CT molecular complexity index is 532. The number of aliphatic imine (C=N–C) groups is 1. The van der Waals surface area contributed by atoms with Crippen molar-refractivity contribution in [2.24, 2.45) is 4.99 Å². The van der Waals surface area contributed by atoms with Crippen molar-refractivity contribution >= 4 is 29.9 Å². The molecule has 0 unspecified atom stereocenters. The molecule has 0 radical (unpaired) electrons. The molecule has 1 aromatic carbocycles. The van der Waals surface area contributed by atoms with E-state index in [0.29, 0.717) is 19.7 Å². The van der Waals surface area contributed by atoms with Crippen molar-refractivity contribution in [3.05, 3.63) is 48.4 Å². The Morgan fingerprint density at radius 2 is 2.05 bits per heavy atom. The number of nitrogens with one attached hydrogen (secondary N) is 2. The molecule has 2 rings (SSSR count). The highest BCUT2D eigenvalue weighted by atomic mass is 127. The quantitative estimate of drug-likeness (QED) is 0.314. The molecule has 0 bridgehead atoms. The van der Waals surface area contributed by atoms with E-state index in [1.54, 1.807) is 12.3 Å². The Morgan fingerprint density at radius 3 is 2.73 bits per heavy atom. The normalized spacial score (nSPS) is 10.7. The van der Waals surface area contributed by atoms with Gasteiger partial charge in [0.2, 0.25) is 0 Å². The molecule has 1 heterocycles. The van der Waals surface area contributed by atoms with Crippen LogP contribution in [-0.4, -0.2) is 30.8 Å². The highest BCUT2D eigenvalue weighted by molar-refractivity contribution is 14.0. The Labute approximate surface area is 147 Å². The first-order valence-corrected chi connectivity index (χ1v) is 6.97. The van der Waals surface area contributed by atoms with Gasteiger partial charge in [-0.15, -0.1) is 24.0 Å². The summed E-state index contributed by atoms with van der Waals surface area (Å²) in [4.78, 5) is 4.42. The van der Waals surface area contributed by atoms with Crippen LogP contribution in [0.2, 0.25) is 0 Å². The number of ether oxygens (including phenoxy) is 1. The van der Waals surface area contributed by atoms with Crippen LogP contribution in [0.3, 0.4) is 0 Å². The molecule has 0 atom stereocenters. The van der Waals surface area contributed by atoms with Gasteiger partial charge in [0.05, 0.1) is 13.1 Å². The molecule has 0 amide bonds. The van der Waals surface area contributed by atoms with E-state index in [1.807, 2.05) is 37.3 Å². The standard InChI is InChI=1S/C15H20N4O2.HI/c1-2-16-15(18-12-13-8-10-21-19-13)17-9-11-20-14-6-4-3-5-7-14;/h3-8,10H,2,9,11-12H2,1H3,(H2,16,17,18);1H. The highest BCUT2D eigenvalue weighted by Gasteiger charge is 1.99. The number of nitrogens with zero attached hydrogens (tertiary/aromatic N) is 2. The number of rotatable bonds is 7. The fourth-order valence-corrected chi connectivity index (χ4v) is 1.68. The second-order valence-electron chi connectivity index (χ2n) is 4.27. The smallest absolute Gasteiger partial charge is 0.191 e. The topological polar surface area (TPSA) is 71.7 Å². The van der Waals surface area contributed by atoms with E-state index in [-0.39, 0.29) is 24.0 Å². The van der Waals surface area contributed by atoms with E-state index < -0.39 is 0 Å². The van der Waals surface area contributed by atoms with Crippen molar-refractivity contribution in [3.63, 3.8) is 0 Å². The van der Waals surface area contributed by atoms with Crippen LogP contribution >= 0.6 is 24.0 Å². The zero-order chi connectivity index (χ0) is 14.8. The van der Waals surface area contributed by atoms with Crippen molar-refractivity contribution in [3.8, 4) is 5.75 Å². The van der Waals surface area contributed by atoms with Gasteiger partial charge in [-0.25, -0.2) is 4.99 Å². The first kappa shape index (κ1) is 18.3. The third-order valence-electron chi connectivity index (χ3n) is 2.64. The molecule has 0 aliphatic heterocycles. The first-order valence-electron chi connectivity index (χ1n) is 6.97. The average Bonchev–Trinajstić information content (AvgIpc) is 3.03. The summed E-state index contributed by atoms with van der Waals surface area (Å²) < 4.78 is 10.4. The molecule has 2 N–H and O–H groups in total. The molecule has 0 aliphatic rings. The molecule has 0 aliphatic carbocycles. The van der Waals surface area contributed by atoms with E-state index in [9.17, 15) is 0 Å². The Morgan fingerprint density at radius 1 is 1.23 bits per heavy atom. The van der Waals surface area contributed by atoms with Gasteiger partial charge in [-0.3, -0.25) is 0 Å². The second-order valence-corrected chi connectivity index (χ2v) is 4.27. The van der Waals surface area contributed by atoms with Crippen LogP contribution in [-0.2, 0) is 6.54 Å². The molecular formula is C15H21IN4O2. The van der Waals surface area contributed by atoms with Crippen LogP contribution in [0.4, 0.5) is 0 Å². The lowest BCUT2D eigenvalue weighted by atomic mass is 10.3. The molecule has 0 saturated carbocycles. The van der Waals surface area contributed by atoms with Gasteiger partial charge in [0.1, 0.15) is 24.3 Å². The van der Waals surface area contributed by atoms with Crippen LogP contribution < -0.4 is 15.4 Å². The summed E-state index contributed by atoms with van der Waals surface area (Å²) in [5.41, 5.74) is 0.799. The van der Waals surface area contributed by atoms with E-state index >= 15 is 0 Å². The van der Waals surface area contributed by atoms with Crippen LogP contribution in [0.1, 0.15) is 12.6 Å². The lowest BCUT2D eigenvalue weighted by molar-refractivity contribution is 0.322. The first-order chi connectivity index (χ1) is 10.4. The minimum atomic E-state index is 0. The molecule has 1 aromatic heterocycles.